The third-order valence-corrected chi connectivity index (χ3v) is 9.90. The highest BCUT2D eigenvalue weighted by atomic mass is 32.2. The number of Topliss-reactive ketones (excluding diaryl/α,β-unsaturated/α-hetero) is 1. The molecule has 2 aliphatic rings. The zero-order valence-corrected chi connectivity index (χ0v) is 27.1. The van der Waals surface area contributed by atoms with E-state index in [1.807, 2.05) is 48.2 Å². The van der Waals surface area contributed by atoms with Crippen molar-refractivity contribution >= 4 is 15.6 Å². The molecule has 0 radical (unpaired) electrons. The molecule has 11 nitrogen and oxygen atoms in total. The third kappa shape index (κ3) is 8.63. The summed E-state index contributed by atoms with van der Waals surface area (Å²) in [5, 5.41) is -0.921. The number of methoxy groups -OCH3 is 3. The molecule has 244 valence electrons. The highest BCUT2D eigenvalue weighted by Crippen LogP contribution is 2.46. The lowest BCUT2D eigenvalue weighted by Gasteiger charge is -2.35. The molecule has 0 N–H and O–H groups in total. The van der Waals surface area contributed by atoms with Gasteiger partial charge in [0.1, 0.15) is 22.7 Å². The van der Waals surface area contributed by atoms with E-state index >= 15 is 0 Å². The van der Waals surface area contributed by atoms with E-state index in [0.29, 0.717) is 55.9 Å². The van der Waals surface area contributed by atoms with Crippen LogP contribution < -0.4 is 18.9 Å². The minimum atomic E-state index is -3.77. The number of nitrogens with zero attached hydrogens (tertiary/aromatic N) is 1. The zero-order chi connectivity index (χ0) is 31.7. The lowest BCUT2D eigenvalue weighted by Crippen LogP contribution is -2.50. The molecule has 2 aromatic carbocycles. The minimum Gasteiger partial charge on any atom is -0.493 e. The normalized spacial score (nSPS) is 20.6. The van der Waals surface area contributed by atoms with E-state index in [1.54, 1.807) is 21.3 Å². The van der Waals surface area contributed by atoms with Crippen LogP contribution in [0.4, 0.5) is 0 Å². The number of carbonyl (C=O) groups excluding carboxylic acids is 1. The predicted molar refractivity (Wildman–Crippen MR) is 164 cm³/mol. The lowest BCUT2D eigenvalue weighted by molar-refractivity contribution is -0.114. The number of hydrogen-bond donors (Lipinski definition) is 0. The van der Waals surface area contributed by atoms with Gasteiger partial charge in [-0.25, -0.2) is 8.42 Å². The Bertz CT molecular complexity index is 1300. The van der Waals surface area contributed by atoms with E-state index in [-0.39, 0.29) is 18.6 Å². The number of ketones is 1. The maximum Gasteiger partial charge on any atom is 0.203 e. The topological polar surface area (TPSA) is 119 Å². The predicted octanol–water partition coefficient (Wildman–Crippen LogP) is 4.49. The first kappa shape index (κ1) is 34.0. The Morgan fingerprint density at radius 2 is 1.57 bits per heavy atom. The van der Waals surface area contributed by atoms with E-state index in [0.717, 1.165) is 30.4 Å². The highest BCUT2D eigenvalue weighted by Gasteiger charge is 2.36. The molecule has 4 rings (SSSR count). The molecule has 2 fully saturated rings. The first-order valence-electron chi connectivity index (χ1n) is 15.0. The van der Waals surface area contributed by atoms with Gasteiger partial charge in [-0.1, -0.05) is 19.1 Å². The third-order valence-electron chi connectivity index (χ3n) is 7.77. The molecular formula is C32H45NO10S. The highest BCUT2D eigenvalue weighted by molar-refractivity contribution is 7.92. The van der Waals surface area contributed by atoms with Crippen LogP contribution in [0.2, 0.25) is 0 Å². The molecule has 0 aliphatic carbocycles. The Morgan fingerprint density at radius 3 is 2.11 bits per heavy atom. The molecule has 44 heavy (non-hydrogen) atoms. The van der Waals surface area contributed by atoms with Gasteiger partial charge in [-0.15, -0.1) is 0 Å². The smallest absolute Gasteiger partial charge is 0.203 e. The van der Waals surface area contributed by atoms with E-state index in [1.165, 1.54) is 6.92 Å². The van der Waals surface area contributed by atoms with Gasteiger partial charge in [-0.2, -0.15) is 0 Å². The van der Waals surface area contributed by atoms with Crippen molar-refractivity contribution in [1.82, 2.24) is 4.90 Å². The summed E-state index contributed by atoms with van der Waals surface area (Å²) in [6.07, 6.45) is 1.41. The van der Waals surface area contributed by atoms with Crippen molar-refractivity contribution in [3.63, 3.8) is 0 Å². The summed E-state index contributed by atoms with van der Waals surface area (Å²) in [4.78, 5) is 13.7. The van der Waals surface area contributed by atoms with Crippen LogP contribution in [0.5, 0.6) is 23.0 Å². The number of carbonyl (C=O) groups is 1. The van der Waals surface area contributed by atoms with E-state index < -0.39 is 33.0 Å². The number of benzene rings is 2. The Balaban J connectivity index is 1.46. The molecule has 0 amide bonds. The van der Waals surface area contributed by atoms with Gasteiger partial charge in [0, 0.05) is 19.5 Å². The summed E-state index contributed by atoms with van der Waals surface area (Å²) in [5.41, 5.74) is 1.96. The Hall–Kier alpha value is -2.90. The van der Waals surface area contributed by atoms with Gasteiger partial charge in [0.2, 0.25) is 12.0 Å². The summed E-state index contributed by atoms with van der Waals surface area (Å²) < 4.78 is 67.1. The molecule has 0 saturated carbocycles. The summed E-state index contributed by atoms with van der Waals surface area (Å²) in [6, 6.07) is 11.5. The fraction of sp³-hybridized carbons (Fsp3) is 0.594. The second-order valence-electron chi connectivity index (χ2n) is 11.0. The van der Waals surface area contributed by atoms with Crippen molar-refractivity contribution in [1.29, 1.82) is 0 Å². The van der Waals surface area contributed by atoms with Gasteiger partial charge in [-0.05, 0) is 61.6 Å². The summed E-state index contributed by atoms with van der Waals surface area (Å²) in [7, 11) is 0.989. The molecule has 2 heterocycles. The van der Waals surface area contributed by atoms with E-state index in [4.69, 9.17) is 33.2 Å². The second kappa shape index (κ2) is 15.9. The molecule has 0 bridgehead atoms. The van der Waals surface area contributed by atoms with Crippen LogP contribution in [-0.2, 0) is 28.8 Å². The Labute approximate surface area is 260 Å². The van der Waals surface area contributed by atoms with Gasteiger partial charge in [0.15, 0.2) is 21.3 Å². The van der Waals surface area contributed by atoms with Crippen LogP contribution in [0.3, 0.4) is 0 Å². The molecule has 4 unspecified atom stereocenters. The lowest BCUT2D eigenvalue weighted by atomic mass is 10.0. The van der Waals surface area contributed by atoms with Gasteiger partial charge >= 0.3 is 0 Å². The standard InChI is InChI=1S/C32H45NO10S/c1-6-15-41-31(20-30(33-13-16-40-17-14-33)44(35,36)21-22(2)34)42-25-9-7-23(8-10-25)26-11-12-27(43-26)24-18-28(37-3)32(39-5)29(19-24)38-4/h7-10,18-19,26-27,30-31H,6,11-17,20-21H2,1-5H3. The molecule has 0 aromatic heterocycles. The van der Waals surface area contributed by atoms with Crippen LogP contribution in [0.15, 0.2) is 36.4 Å². The van der Waals surface area contributed by atoms with Gasteiger partial charge in [0.25, 0.3) is 0 Å². The average Bonchev–Trinajstić information content (AvgIpc) is 3.52. The second-order valence-corrected chi connectivity index (χ2v) is 13.1. The molecule has 4 atom stereocenters. The van der Waals surface area contributed by atoms with E-state index in [9.17, 15) is 13.2 Å². The quantitative estimate of drug-likeness (QED) is 0.243. The van der Waals surface area contributed by atoms with Crippen molar-refractivity contribution in [3.8, 4) is 23.0 Å². The van der Waals surface area contributed by atoms with Crippen LogP contribution in [-0.4, -0.2) is 90.8 Å². The number of ether oxygens (including phenoxy) is 7. The molecular weight excluding hydrogens is 590 g/mol. The summed E-state index contributed by atoms with van der Waals surface area (Å²) >= 11 is 0. The van der Waals surface area contributed by atoms with Crippen LogP contribution in [0, 0.1) is 0 Å². The largest absolute Gasteiger partial charge is 0.493 e. The fourth-order valence-corrected chi connectivity index (χ4v) is 7.53. The Kier molecular flexibility index (Phi) is 12.3. The first-order valence-corrected chi connectivity index (χ1v) is 16.8. The Morgan fingerprint density at radius 1 is 0.955 bits per heavy atom. The maximum atomic E-state index is 13.3. The number of hydrogen-bond acceptors (Lipinski definition) is 11. The summed E-state index contributed by atoms with van der Waals surface area (Å²) in [6.45, 7) is 5.44. The van der Waals surface area contributed by atoms with Gasteiger partial charge in [0.05, 0.1) is 53.4 Å². The molecule has 0 spiro atoms. The molecule has 2 aromatic rings. The monoisotopic (exact) mass is 635 g/mol. The average molecular weight is 636 g/mol. The van der Waals surface area contributed by atoms with Crippen molar-refractivity contribution in [2.75, 3.05) is 60.0 Å². The zero-order valence-electron chi connectivity index (χ0n) is 26.3. The number of sulfone groups is 1. The minimum absolute atomic E-state index is 0.0690. The first-order chi connectivity index (χ1) is 21.2. The fourth-order valence-electron chi connectivity index (χ4n) is 5.66. The van der Waals surface area contributed by atoms with Crippen molar-refractivity contribution in [2.24, 2.45) is 0 Å². The van der Waals surface area contributed by atoms with Crippen molar-refractivity contribution in [2.45, 2.75) is 63.4 Å². The maximum absolute atomic E-state index is 13.3. The SMILES string of the molecule is CCCOC(CC(N1CCOCC1)S(=O)(=O)CC(C)=O)Oc1ccc(C2CCC(c3cc(OC)c(OC)c(OC)c3)O2)cc1. The van der Waals surface area contributed by atoms with Crippen molar-refractivity contribution < 1.29 is 46.4 Å². The summed E-state index contributed by atoms with van der Waals surface area (Å²) in [5.74, 6) is 1.34. The number of morpholine rings is 1. The van der Waals surface area contributed by atoms with Crippen LogP contribution >= 0.6 is 0 Å². The van der Waals surface area contributed by atoms with Crippen LogP contribution in [0.1, 0.15) is 62.9 Å². The van der Waals surface area contributed by atoms with E-state index in [2.05, 4.69) is 0 Å². The van der Waals surface area contributed by atoms with Crippen molar-refractivity contribution in [3.05, 3.63) is 47.5 Å². The molecule has 2 saturated heterocycles. The molecule has 12 heteroatoms. The van der Waals surface area contributed by atoms with Gasteiger partial charge in [-0.3, -0.25) is 9.69 Å². The van der Waals surface area contributed by atoms with Gasteiger partial charge < -0.3 is 33.2 Å². The van der Waals surface area contributed by atoms with Crippen LogP contribution in [0.25, 0.3) is 0 Å². The number of rotatable bonds is 16. The molecule has 2 aliphatic heterocycles.